The fourth-order valence-electron chi connectivity index (χ4n) is 0.520. The summed E-state index contributed by atoms with van der Waals surface area (Å²) in [5.74, 6) is 0.657. The molecule has 44 valence electrons. The Morgan fingerprint density at radius 2 is 2.38 bits per heavy atom. The molecule has 1 rings (SSSR count). The molecule has 0 radical (unpaired) electrons. The van der Waals surface area contributed by atoms with E-state index in [0.29, 0.717) is 20.4 Å². The van der Waals surface area contributed by atoms with Gasteiger partial charge < -0.3 is 0 Å². The van der Waals surface area contributed by atoms with Crippen molar-refractivity contribution < 1.29 is 0 Å². The predicted molar refractivity (Wildman–Crippen MR) is 35.3 cm³/mol. The fraction of sp³-hybridized carbons (Fsp3) is 0.500. The zero-order valence-corrected chi connectivity index (χ0v) is 6.80. The van der Waals surface area contributed by atoms with E-state index in [0.717, 1.165) is 0 Å². The van der Waals surface area contributed by atoms with E-state index in [1.54, 1.807) is 0 Å². The summed E-state index contributed by atoms with van der Waals surface area (Å²) in [6.45, 7) is 4.38. The van der Waals surface area contributed by atoms with Crippen LogP contribution in [0.2, 0.25) is 0 Å². The van der Waals surface area contributed by atoms with Crippen LogP contribution in [0.5, 0.6) is 0 Å². The van der Waals surface area contributed by atoms with Gasteiger partial charge in [0.15, 0.2) is 0 Å². The summed E-state index contributed by atoms with van der Waals surface area (Å²) < 4.78 is 1.37. The van der Waals surface area contributed by atoms with E-state index in [1.165, 1.54) is 4.57 Å². The second-order valence-corrected chi connectivity index (χ2v) is 3.97. The zero-order chi connectivity index (χ0) is 5.98. The molecule has 0 bridgehead atoms. The van der Waals surface area contributed by atoms with Gasteiger partial charge in [0, 0.05) is 0 Å². The Bertz CT molecular complexity index is 144. The first-order valence-corrected chi connectivity index (χ1v) is 4.54. The molecule has 0 amide bonds. The van der Waals surface area contributed by atoms with Gasteiger partial charge in [-0.2, -0.15) is 0 Å². The normalized spacial score (nSPS) is 10.4. The van der Waals surface area contributed by atoms with E-state index in [1.807, 2.05) is 6.20 Å². The van der Waals surface area contributed by atoms with Crippen LogP contribution in [0.25, 0.3) is 0 Å². The van der Waals surface area contributed by atoms with Gasteiger partial charge in [0.05, 0.1) is 0 Å². The molecular formula is C6H9NSe. The van der Waals surface area contributed by atoms with E-state index >= 15 is 0 Å². The van der Waals surface area contributed by atoms with E-state index in [4.69, 9.17) is 0 Å². The first kappa shape index (κ1) is 6.06. The van der Waals surface area contributed by atoms with E-state index < -0.39 is 0 Å². The minimum absolute atomic E-state index is 0.578. The topological polar surface area (TPSA) is 12.9 Å². The van der Waals surface area contributed by atoms with Crippen LogP contribution in [0.1, 0.15) is 24.3 Å². The molecule has 1 heterocycles. The number of aromatic nitrogens is 1. The van der Waals surface area contributed by atoms with Crippen LogP contribution in [-0.4, -0.2) is 19.5 Å². The third-order valence-corrected chi connectivity index (χ3v) is 3.20. The second-order valence-electron chi connectivity index (χ2n) is 2.03. The van der Waals surface area contributed by atoms with Crippen molar-refractivity contribution in [2.24, 2.45) is 0 Å². The van der Waals surface area contributed by atoms with Crippen molar-refractivity contribution in [2.75, 3.05) is 0 Å². The number of hydrogen-bond donors (Lipinski definition) is 0. The van der Waals surface area contributed by atoms with Crippen molar-refractivity contribution in [3.05, 3.63) is 15.7 Å². The Labute approximate surface area is 55.5 Å². The number of rotatable bonds is 1. The summed E-state index contributed by atoms with van der Waals surface area (Å²) in [6.07, 6.45) is 1.91. The predicted octanol–water partition coefficient (Wildman–Crippen LogP) is 1.26. The van der Waals surface area contributed by atoms with Crippen molar-refractivity contribution in [2.45, 2.75) is 19.8 Å². The van der Waals surface area contributed by atoms with Gasteiger partial charge in [-0.1, -0.05) is 0 Å². The van der Waals surface area contributed by atoms with Crippen LogP contribution < -0.4 is 0 Å². The first-order valence-electron chi connectivity index (χ1n) is 2.70. The minimum atomic E-state index is 0.578. The fourth-order valence-corrected chi connectivity index (χ4v) is 1.89. The van der Waals surface area contributed by atoms with Gasteiger partial charge in [0.1, 0.15) is 0 Å². The molecule has 0 N–H and O–H groups in total. The van der Waals surface area contributed by atoms with E-state index in [2.05, 4.69) is 23.8 Å². The molecule has 0 aliphatic rings. The molecule has 0 saturated carbocycles. The van der Waals surface area contributed by atoms with Crippen LogP contribution in [-0.2, 0) is 0 Å². The van der Waals surface area contributed by atoms with Gasteiger partial charge >= 0.3 is 55.0 Å². The Balaban J connectivity index is 2.77. The van der Waals surface area contributed by atoms with E-state index in [9.17, 15) is 0 Å². The Morgan fingerprint density at radius 3 is 2.62 bits per heavy atom. The van der Waals surface area contributed by atoms with Gasteiger partial charge in [-0.25, -0.2) is 0 Å². The average molecular weight is 174 g/mol. The van der Waals surface area contributed by atoms with Crippen molar-refractivity contribution in [3.63, 3.8) is 0 Å². The molecule has 0 aliphatic carbocycles. The number of nitrogens with zero attached hydrogens (tertiary/aromatic N) is 1. The van der Waals surface area contributed by atoms with Gasteiger partial charge in [0.25, 0.3) is 0 Å². The molecule has 0 atom stereocenters. The van der Waals surface area contributed by atoms with Gasteiger partial charge in [-0.3, -0.25) is 0 Å². The van der Waals surface area contributed by atoms with Crippen LogP contribution in [0.4, 0.5) is 0 Å². The van der Waals surface area contributed by atoms with Gasteiger partial charge in [-0.15, -0.1) is 0 Å². The molecule has 0 saturated heterocycles. The SMILES string of the molecule is CC(C)c1ncc[se]1. The molecule has 0 fully saturated rings. The summed E-state index contributed by atoms with van der Waals surface area (Å²) in [7, 11) is 0. The molecule has 8 heavy (non-hydrogen) atoms. The Morgan fingerprint density at radius 1 is 1.62 bits per heavy atom. The molecule has 0 aromatic carbocycles. The van der Waals surface area contributed by atoms with E-state index in [-0.39, 0.29) is 0 Å². The summed E-state index contributed by atoms with van der Waals surface area (Å²) >= 11 is 0.578. The maximum absolute atomic E-state index is 4.20. The average Bonchev–Trinajstić information content (AvgIpc) is 2.12. The number of hydrogen-bond acceptors (Lipinski definition) is 1. The Hall–Kier alpha value is -0.0705. The van der Waals surface area contributed by atoms with Gasteiger partial charge in [0.2, 0.25) is 0 Å². The molecule has 0 spiro atoms. The third-order valence-electron chi connectivity index (χ3n) is 0.945. The molecule has 1 aromatic heterocycles. The molecular weight excluding hydrogens is 165 g/mol. The Kier molecular flexibility index (Phi) is 1.87. The van der Waals surface area contributed by atoms with Crippen LogP contribution in [0.3, 0.4) is 0 Å². The summed E-state index contributed by atoms with van der Waals surface area (Å²) in [5, 5.41) is 0. The molecule has 1 nitrogen and oxygen atoms in total. The monoisotopic (exact) mass is 175 g/mol. The van der Waals surface area contributed by atoms with Crippen LogP contribution >= 0.6 is 0 Å². The van der Waals surface area contributed by atoms with Crippen molar-refractivity contribution in [1.29, 1.82) is 0 Å². The molecule has 0 unspecified atom stereocenters. The summed E-state index contributed by atoms with van der Waals surface area (Å²) in [5.41, 5.74) is 0. The van der Waals surface area contributed by atoms with Crippen molar-refractivity contribution in [1.82, 2.24) is 4.98 Å². The van der Waals surface area contributed by atoms with Crippen LogP contribution in [0.15, 0.2) is 11.1 Å². The zero-order valence-electron chi connectivity index (χ0n) is 5.09. The van der Waals surface area contributed by atoms with Gasteiger partial charge in [-0.05, 0) is 0 Å². The second kappa shape index (κ2) is 2.47. The summed E-state index contributed by atoms with van der Waals surface area (Å²) in [6, 6.07) is 0. The molecule has 2 heteroatoms. The quantitative estimate of drug-likeness (QED) is 0.584. The molecule has 0 aliphatic heterocycles. The summed E-state index contributed by atoms with van der Waals surface area (Å²) in [4.78, 5) is 6.35. The van der Waals surface area contributed by atoms with Crippen LogP contribution in [0, 0.1) is 0 Å². The molecule has 1 aromatic rings. The maximum atomic E-state index is 4.20. The van der Waals surface area contributed by atoms with Crippen molar-refractivity contribution >= 4 is 14.5 Å². The van der Waals surface area contributed by atoms with Crippen molar-refractivity contribution in [3.8, 4) is 0 Å². The first-order chi connectivity index (χ1) is 3.80. The standard InChI is InChI=1S/C6H9NSe/c1-5(2)6-7-3-4-8-6/h3-5H,1-2H3. The third kappa shape index (κ3) is 1.21.